The molecule has 0 fully saturated rings. The lowest BCUT2D eigenvalue weighted by molar-refractivity contribution is 0.0915. The average Bonchev–Trinajstić information content (AvgIpc) is 2.59. The van der Waals surface area contributed by atoms with Crippen molar-refractivity contribution in [3.05, 3.63) is 24.4 Å². The minimum atomic E-state index is -0.575. The van der Waals surface area contributed by atoms with Gasteiger partial charge < -0.3 is 10.8 Å². The Morgan fingerprint density at radius 1 is 1.57 bits per heavy atom. The topological polar surface area (TPSA) is 64.1 Å². The number of aromatic nitrogens is 2. The Labute approximate surface area is 81.9 Å². The van der Waals surface area contributed by atoms with Crippen LogP contribution < -0.4 is 5.73 Å². The molecule has 0 saturated carbocycles. The van der Waals surface area contributed by atoms with Gasteiger partial charge in [-0.1, -0.05) is 6.92 Å². The first kappa shape index (κ1) is 9.02. The van der Waals surface area contributed by atoms with E-state index >= 15 is 0 Å². The fraction of sp³-hybridized carbons (Fsp3) is 0.300. The molecule has 0 bridgehead atoms. The fourth-order valence-electron chi connectivity index (χ4n) is 1.47. The van der Waals surface area contributed by atoms with Crippen LogP contribution >= 0.6 is 0 Å². The Kier molecular flexibility index (Phi) is 2.13. The van der Waals surface area contributed by atoms with Gasteiger partial charge in [0.25, 0.3) is 0 Å². The smallest absolute Gasteiger partial charge is 0.147 e. The first-order valence-electron chi connectivity index (χ1n) is 4.63. The van der Waals surface area contributed by atoms with Crippen molar-refractivity contribution in [1.82, 2.24) is 9.78 Å². The Morgan fingerprint density at radius 3 is 3.07 bits per heavy atom. The number of aliphatic hydroxyl groups excluding tert-OH is 1. The van der Waals surface area contributed by atoms with Crippen molar-refractivity contribution < 1.29 is 5.11 Å². The lowest BCUT2D eigenvalue weighted by Gasteiger charge is -2.09. The quantitative estimate of drug-likeness (QED) is 0.707. The second-order valence-corrected chi connectivity index (χ2v) is 3.30. The Morgan fingerprint density at radius 2 is 2.36 bits per heavy atom. The van der Waals surface area contributed by atoms with Gasteiger partial charge in [-0.15, -0.1) is 0 Å². The van der Waals surface area contributed by atoms with Gasteiger partial charge in [0.2, 0.25) is 0 Å². The third kappa shape index (κ3) is 1.33. The predicted molar refractivity (Wildman–Crippen MR) is 55.7 cm³/mol. The number of benzene rings is 1. The molecule has 0 aliphatic rings. The zero-order valence-electron chi connectivity index (χ0n) is 8.01. The number of fused-ring (bicyclic) bond motifs is 1. The third-order valence-corrected chi connectivity index (χ3v) is 2.27. The highest BCUT2D eigenvalue weighted by Crippen LogP contribution is 2.20. The molecule has 4 heteroatoms. The van der Waals surface area contributed by atoms with Crippen LogP contribution in [0, 0.1) is 0 Å². The van der Waals surface area contributed by atoms with Gasteiger partial charge in [0.15, 0.2) is 0 Å². The Balaban J connectivity index is 2.61. The molecule has 0 saturated heterocycles. The average molecular weight is 191 g/mol. The molecule has 1 aromatic heterocycles. The van der Waals surface area contributed by atoms with Gasteiger partial charge in [0.1, 0.15) is 6.23 Å². The number of aliphatic hydroxyl groups is 1. The van der Waals surface area contributed by atoms with Crippen LogP contribution in [0.5, 0.6) is 0 Å². The van der Waals surface area contributed by atoms with Crippen LogP contribution in [0.15, 0.2) is 24.4 Å². The number of hydrogen-bond acceptors (Lipinski definition) is 3. The summed E-state index contributed by atoms with van der Waals surface area (Å²) in [5.74, 6) is 0. The van der Waals surface area contributed by atoms with Gasteiger partial charge >= 0.3 is 0 Å². The summed E-state index contributed by atoms with van der Waals surface area (Å²) < 4.78 is 1.59. The summed E-state index contributed by atoms with van der Waals surface area (Å²) in [4.78, 5) is 0. The van der Waals surface area contributed by atoms with E-state index < -0.39 is 6.23 Å². The molecule has 0 aliphatic heterocycles. The number of nitrogens with two attached hydrogens (primary N) is 1. The standard InChI is InChI=1S/C10H13N3O/c1-2-10(14)13-9-5-8(11)4-3-7(9)6-12-13/h3-6,10,14H,2,11H2,1H3. The van der Waals surface area contributed by atoms with Crippen LogP contribution in [0.2, 0.25) is 0 Å². The summed E-state index contributed by atoms with van der Waals surface area (Å²) in [6.07, 6.45) is 1.79. The summed E-state index contributed by atoms with van der Waals surface area (Å²) in [5.41, 5.74) is 7.23. The lowest BCUT2D eigenvalue weighted by Crippen LogP contribution is -2.08. The summed E-state index contributed by atoms with van der Waals surface area (Å²) in [6, 6.07) is 5.55. The molecule has 74 valence electrons. The zero-order chi connectivity index (χ0) is 10.1. The highest BCUT2D eigenvalue weighted by molar-refractivity contribution is 5.81. The maximum absolute atomic E-state index is 9.67. The molecule has 0 amide bonds. The van der Waals surface area contributed by atoms with E-state index in [-0.39, 0.29) is 0 Å². The molecule has 1 unspecified atom stereocenters. The molecule has 14 heavy (non-hydrogen) atoms. The molecule has 1 aromatic carbocycles. The summed E-state index contributed by atoms with van der Waals surface area (Å²) in [7, 11) is 0. The molecule has 1 heterocycles. The van der Waals surface area contributed by atoms with Gasteiger partial charge in [-0.3, -0.25) is 0 Å². The van der Waals surface area contributed by atoms with Gasteiger partial charge in [0, 0.05) is 11.1 Å². The van der Waals surface area contributed by atoms with E-state index in [1.54, 1.807) is 10.9 Å². The van der Waals surface area contributed by atoms with E-state index in [4.69, 9.17) is 5.73 Å². The first-order chi connectivity index (χ1) is 6.72. The van der Waals surface area contributed by atoms with Crippen LogP contribution in [0.25, 0.3) is 10.9 Å². The summed E-state index contributed by atoms with van der Waals surface area (Å²) in [6.45, 7) is 1.91. The second kappa shape index (κ2) is 3.31. The second-order valence-electron chi connectivity index (χ2n) is 3.30. The van der Waals surface area contributed by atoms with Crippen molar-refractivity contribution in [1.29, 1.82) is 0 Å². The minimum Gasteiger partial charge on any atom is -0.399 e. The molecule has 2 rings (SSSR count). The number of hydrogen-bond donors (Lipinski definition) is 2. The van der Waals surface area contributed by atoms with E-state index in [0.29, 0.717) is 12.1 Å². The molecular weight excluding hydrogens is 178 g/mol. The van der Waals surface area contributed by atoms with Gasteiger partial charge in [0.05, 0.1) is 11.7 Å². The van der Waals surface area contributed by atoms with E-state index in [1.807, 2.05) is 25.1 Å². The van der Waals surface area contributed by atoms with Gasteiger partial charge in [-0.05, 0) is 24.6 Å². The third-order valence-electron chi connectivity index (χ3n) is 2.27. The maximum Gasteiger partial charge on any atom is 0.147 e. The molecule has 0 spiro atoms. The van der Waals surface area contributed by atoms with Crippen LogP contribution in [-0.4, -0.2) is 14.9 Å². The van der Waals surface area contributed by atoms with Crippen molar-refractivity contribution >= 4 is 16.6 Å². The predicted octanol–water partition coefficient (Wildman–Crippen LogP) is 1.52. The SMILES string of the molecule is CCC(O)n1ncc2ccc(N)cc21. The molecular formula is C10H13N3O. The largest absolute Gasteiger partial charge is 0.399 e. The number of nitrogen functional groups attached to an aromatic ring is 1. The minimum absolute atomic E-state index is 0.575. The number of rotatable bonds is 2. The molecule has 0 radical (unpaired) electrons. The van der Waals surface area contributed by atoms with E-state index in [0.717, 1.165) is 10.9 Å². The fourth-order valence-corrected chi connectivity index (χ4v) is 1.47. The van der Waals surface area contributed by atoms with Crippen molar-refractivity contribution in [3.63, 3.8) is 0 Å². The van der Waals surface area contributed by atoms with Gasteiger partial charge in [-0.25, -0.2) is 4.68 Å². The van der Waals surface area contributed by atoms with Crippen molar-refractivity contribution in [2.75, 3.05) is 5.73 Å². The highest BCUT2D eigenvalue weighted by Gasteiger charge is 2.08. The molecule has 0 aliphatic carbocycles. The molecule has 1 atom stereocenters. The highest BCUT2D eigenvalue weighted by atomic mass is 16.3. The monoisotopic (exact) mass is 191 g/mol. The van der Waals surface area contributed by atoms with Crippen molar-refractivity contribution in [2.24, 2.45) is 0 Å². The molecule has 3 N–H and O–H groups in total. The zero-order valence-corrected chi connectivity index (χ0v) is 8.01. The van der Waals surface area contributed by atoms with Crippen molar-refractivity contribution in [2.45, 2.75) is 19.6 Å². The van der Waals surface area contributed by atoms with E-state index in [9.17, 15) is 5.11 Å². The maximum atomic E-state index is 9.67. The van der Waals surface area contributed by atoms with Gasteiger partial charge in [-0.2, -0.15) is 5.10 Å². The van der Waals surface area contributed by atoms with Crippen LogP contribution in [0.1, 0.15) is 19.6 Å². The van der Waals surface area contributed by atoms with Crippen LogP contribution in [0.3, 0.4) is 0 Å². The Bertz CT molecular complexity index is 450. The van der Waals surface area contributed by atoms with E-state index in [2.05, 4.69) is 5.10 Å². The van der Waals surface area contributed by atoms with Crippen LogP contribution in [-0.2, 0) is 0 Å². The van der Waals surface area contributed by atoms with E-state index in [1.165, 1.54) is 0 Å². The molecule has 2 aromatic rings. The van der Waals surface area contributed by atoms with Crippen LogP contribution in [0.4, 0.5) is 5.69 Å². The number of nitrogens with zero attached hydrogens (tertiary/aromatic N) is 2. The molecule has 4 nitrogen and oxygen atoms in total. The van der Waals surface area contributed by atoms with Crippen molar-refractivity contribution in [3.8, 4) is 0 Å². The lowest BCUT2D eigenvalue weighted by atomic mass is 10.2. The Hall–Kier alpha value is -1.55. The summed E-state index contributed by atoms with van der Waals surface area (Å²) >= 11 is 0. The number of anilines is 1. The normalized spacial score (nSPS) is 13.3. The summed E-state index contributed by atoms with van der Waals surface area (Å²) in [5, 5.41) is 14.8. The first-order valence-corrected chi connectivity index (χ1v) is 4.63.